The first-order valence-corrected chi connectivity index (χ1v) is 9.76. The van der Waals surface area contributed by atoms with Gasteiger partial charge in [-0.25, -0.2) is 0 Å². The van der Waals surface area contributed by atoms with Crippen LogP contribution in [0.3, 0.4) is 0 Å². The van der Waals surface area contributed by atoms with Crippen molar-refractivity contribution in [3.05, 3.63) is 24.3 Å². The van der Waals surface area contributed by atoms with E-state index in [2.05, 4.69) is 9.64 Å². The van der Waals surface area contributed by atoms with Crippen molar-refractivity contribution in [3.8, 4) is 5.75 Å². The SMILES string of the molecule is O=C(O)CCC1CCCN(C2CCCN(c3ccc(OC(F)F)cc3)C2=O)C1. The molecule has 0 saturated carbocycles. The number of amides is 1. The van der Waals surface area contributed by atoms with Crippen LogP contribution in [-0.4, -0.2) is 54.2 Å². The molecule has 28 heavy (non-hydrogen) atoms. The number of piperidine rings is 2. The molecule has 1 aromatic carbocycles. The summed E-state index contributed by atoms with van der Waals surface area (Å²) in [6.45, 7) is -0.686. The zero-order valence-electron chi connectivity index (χ0n) is 15.7. The van der Waals surface area contributed by atoms with Gasteiger partial charge >= 0.3 is 12.6 Å². The zero-order valence-corrected chi connectivity index (χ0v) is 15.7. The van der Waals surface area contributed by atoms with E-state index in [4.69, 9.17) is 5.11 Å². The molecule has 1 amide bonds. The molecule has 3 rings (SSSR count). The molecule has 0 aliphatic carbocycles. The van der Waals surface area contributed by atoms with E-state index in [9.17, 15) is 18.4 Å². The Balaban J connectivity index is 1.64. The maximum atomic E-state index is 13.1. The van der Waals surface area contributed by atoms with Crippen LogP contribution in [0.1, 0.15) is 38.5 Å². The average molecular weight is 396 g/mol. The Morgan fingerprint density at radius 1 is 1.18 bits per heavy atom. The number of carbonyl (C=O) groups is 2. The molecule has 2 atom stereocenters. The lowest BCUT2D eigenvalue weighted by Gasteiger charge is -2.42. The van der Waals surface area contributed by atoms with Crippen LogP contribution < -0.4 is 9.64 Å². The number of aliphatic carboxylic acids is 1. The quantitative estimate of drug-likeness (QED) is 0.765. The molecule has 2 heterocycles. The lowest BCUT2D eigenvalue weighted by Crippen LogP contribution is -2.55. The lowest BCUT2D eigenvalue weighted by molar-refractivity contribution is -0.137. The minimum absolute atomic E-state index is 0.0210. The van der Waals surface area contributed by atoms with Crippen LogP contribution in [0.2, 0.25) is 0 Å². The molecule has 0 aromatic heterocycles. The van der Waals surface area contributed by atoms with Crippen molar-refractivity contribution < 1.29 is 28.2 Å². The van der Waals surface area contributed by atoms with Crippen molar-refractivity contribution in [2.75, 3.05) is 24.5 Å². The number of hydrogen-bond acceptors (Lipinski definition) is 4. The highest BCUT2D eigenvalue weighted by molar-refractivity contribution is 5.98. The molecular formula is C20H26F2N2O4. The van der Waals surface area contributed by atoms with Gasteiger partial charge < -0.3 is 14.7 Å². The number of alkyl halides is 2. The van der Waals surface area contributed by atoms with E-state index in [0.717, 1.165) is 38.8 Å². The molecule has 0 bridgehead atoms. The molecule has 8 heteroatoms. The third-order valence-corrected chi connectivity index (χ3v) is 5.54. The molecular weight excluding hydrogens is 370 g/mol. The van der Waals surface area contributed by atoms with Crippen molar-refractivity contribution in [1.29, 1.82) is 0 Å². The molecule has 2 saturated heterocycles. The summed E-state index contributed by atoms with van der Waals surface area (Å²) in [5.41, 5.74) is 0.677. The summed E-state index contributed by atoms with van der Waals surface area (Å²) in [5, 5.41) is 8.90. The van der Waals surface area contributed by atoms with Gasteiger partial charge in [-0.2, -0.15) is 8.78 Å². The summed E-state index contributed by atoms with van der Waals surface area (Å²) < 4.78 is 29.0. The summed E-state index contributed by atoms with van der Waals surface area (Å²) in [5.74, 6) is -0.389. The first kappa shape index (κ1) is 20.5. The fourth-order valence-corrected chi connectivity index (χ4v) is 4.20. The topological polar surface area (TPSA) is 70.1 Å². The second-order valence-corrected chi connectivity index (χ2v) is 7.46. The van der Waals surface area contributed by atoms with Gasteiger partial charge in [0.2, 0.25) is 5.91 Å². The second-order valence-electron chi connectivity index (χ2n) is 7.46. The van der Waals surface area contributed by atoms with E-state index in [1.807, 2.05) is 0 Å². The fraction of sp³-hybridized carbons (Fsp3) is 0.600. The number of rotatable bonds is 7. The Morgan fingerprint density at radius 3 is 2.57 bits per heavy atom. The standard InChI is InChI=1S/C20H26F2N2O4/c21-20(22)28-16-8-6-15(7-9-16)24-12-2-4-17(19(24)27)23-11-1-3-14(13-23)5-10-18(25)26/h6-9,14,17,20H,1-5,10-13H2,(H,25,26). The van der Waals surface area contributed by atoms with Crippen molar-refractivity contribution in [2.45, 2.75) is 51.2 Å². The molecule has 0 spiro atoms. The molecule has 1 aromatic rings. The van der Waals surface area contributed by atoms with E-state index in [1.54, 1.807) is 17.0 Å². The van der Waals surface area contributed by atoms with E-state index < -0.39 is 12.6 Å². The van der Waals surface area contributed by atoms with Crippen LogP contribution in [0.15, 0.2) is 24.3 Å². The number of anilines is 1. The van der Waals surface area contributed by atoms with Crippen molar-refractivity contribution in [3.63, 3.8) is 0 Å². The van der Waals surface area contributed by atoms with E-state index >= 15 is 0 Å². The van der Waals surface area contributed by atoms with Crippen molar-refractivity contribution in [1.82, 2.24) is 4.90 Å². The molecule has 2 aliphatic heterocycles. The minimum atomic E-state index is -2.87. The van der Waals surface area contributed by atoms with Gasteiger partial charge in [0.25, 0.3) is 0 Å². The average Bonchev–Trinajstić information content (AvgIpc) is 2.67. The highest BCUT2D eigenvalue weighted by Crippen LogP contribution is 2.29. The summed E-state index contributed by atoms with van der Waals surface area (Å²) >= 11 is 0. The summed E-state index contributed by atoms with van der Waals surface area (Å²) in [4.78, 5) is 27.8. The van der Waals surface area contributed by atoms with Crippen LogP contribution >= 0.6 is 0 Å². The number of hydrogen-bond donors (Lipinski definition) is 1. The van der Waals surface area contributed by atoms with Crippen LogP contribution in [-0.2, 0) is 9.59 Å². The normalized spacial score (nSPS) is 23.8. The third-order valence-electron chi connectivity index (χ3n) is 5.54. The van der Waals surface area contributed by atoms with Crippen LogP contribution in [0.5, 0.6) is 5.75 Å². The monoisotopic (exact) mass is 396 g/mol. The Morgan fingerprint density at radius 2 is 1.89 bits per heavy atom. The van der Waals surface area contributed by atoms with Crippen LogP contribution in [0.25, 0.3) is 0 Å². The van der Waals surface area contributed by atoms with Gasteiger partial charge in [0.1, 0.15) is 5.75 Å². The molecule has 1 N–H and O–H groups in total. The number of ether oxygens (including phenoxy) is 1. The van der Waals surface area contributed by atoms with E-state index in [-0.39, 0.29) is 24.1 Å². The zero-order chi connectivity index (χ0) is 20.1. The molecule has 154 valence electrons. The Bertz CT molecular complexity index is 683. The van der Waals surface area contributed by atoms with Crippen LogP contribution in [0, 0.1) is 5.92 Å². The third kappa shape index (κ3) is 5.19. The molecule has 2 fully saturated rings. The van der Waals surface area contributed by atoms with Crippen molar-refractivity contribution >= 4 is 17.6 Å². The first-order valence-electron chi connectivity index (χ1n) is 9.76. The van der Waals surface area contributed by atoms with Gasteiger partial charge in [-0.3, -0.25) is 14.5 Å². The maximum absolute atomic E-state index is 13.1. The number of benzene rings is 1. The predicted octanol–water partition coefficient (Wildman–Crippen LogP) is 3.36. The summed E-state index contributed by atoms with van der Waals surface area (Å²) in [7, 11) is 0. The van der Waals surface area contributed by atoms with Gasteiger partial charge in [-0.05, 0) is 68.8 Å². The molecule has 6 nitrogen and oxygen atoms in total. The van der Waals surface area contributed by atoms with Gasteiger partial charge in [-0.1, -0.05) is 0 Å². The summed E-state index contributed by atoms with van der Waals surface area (Å²) in [6, 6.07) is 5.94. The van der Waals surface area contributed by atoms with E-state index in [1.165, 1.54) is 12.1 Å². The Kier molecular flexibility index (Phi) is 6.83. The highest BCUT2D eigenvalue weighted by Gasteiger charge is 2.36. The van der Waals surface area contributed by atoms with Gasteiger partial charge in [0.15, 0.2) is 0 Å². The fourth-order valence-electron chi connectivity index (χ4n) is 4.20. The number of halogens is 2. The lowest BCUT2D eigenvalue weighted by atomic mass is 9.91. The number of likely N-dealkylation sites (tertiary alicyclic amines) is 1. The largest absolute Gasteiger partial charge is 0.481 e. The maximum Gasteiger partial charge on any atom is 0.387 e. The predicted molar refractivity (Wildman–Crippen MR) is 99.6 cm³/mol. The van der Waals surface area contributed by atoms with Crippen molar-refractivity contribution in [2.24, 2.45) is 5.92 Å². The highest BCUT2D eigenvalue weighted by atomic mass is 19.3. The Hall–Kier alpha value is -2.22. The number of carboxylic acid groups (broad SMARTS) is 1. The Labute approximate surface area is 163 Å². The molecule has 2 unspecified atom stereocenters. The first-order chi connectivity index (χ1) is 13.4. The van der Waals surface area contributed by atoms with Crippen LogP contribution in [0.4, 0.5) is 14.5 Å². The summed E-state index contributed by atoms with van der Waals surface area (Å²) in [6.07, 6.45) is 4.42. The smallest absolute Gasteiger partial charge is 0.387 e. The second kappa shape index (κ2) is 9.32. The van der Waals surface area contributed by atoms with Gasteiger partial charge in [-0.15, -0.1) is 0 Å². The number of nitrogens with zero attached hydrogens (tertiary/aromatic N) is 2. The van der Waals surface area contributed by atoms with E-state index in [0.29, 0.717) is 24.6 Å². The number of carbonyl (C=O) groups excluding carboxylic acids is 1. The molecule has 0 radical (unpaired) electrons. The molecule has 2 aliphatic rings. The number of carboxylic acids is 1. The minimum Gasteiger partial charge on any atom is -0.481 e. The van der Waals surface area contributed by atoms with Gasteiger partial charge in [0.05, 0.1) is 6.04 Å². The van der Waals surface area contributed by atoms with Gasteiger partial charge in [0, 0.05) is 25.2 Å².